The Labute approximate surface area is 123 Å². The normalized spacial score (nSPS) is 14.2. The van der Waals surface area contributed by atoms with Crippen LogP contribution in [0.1, 0.15) is 35.7 Å². The van der Waals surface area contributed by atoms with Crippen molar-refractivity contribution in [3.63, 3.8) is 0 Å². The van der Waals surface area contributed by atoms with Crippen LogP contribution in [-0.2, 0) is 16.1 Å². The summed E-state index contributed by atoms with van der Waals surface area (Å²) in [5.41, 5.74) is 0.991. The van der Waals surface area contributed by atoms with Crippen LogP contribution in [0, 0.1) is 0 Å². The minimum absolute atomic E-state index is 0.00193. The first-order valence-electron chi connectivity index (χ1n) is 6.96. The Morgan fingerprint density at radius 3 is 2.76 bits per heavy atom. The number of rotatable bonds is 6. The Morgan fingerprint density at radius 2 is 2.10 bits per heavy atom. The molecule has 1 aliphatic heterocycles. The van der Waals surface area contributed by atoms with Crippen molar-refractivity contribution in [2.75, 3.05) is 13.2 Å². The Morgan fingerprint density at radius 1 is 1.33 bits per heavy atom. The van der Waals surface area contributed by atoms with Gasteiger partial charge in [-0.1, -0.05) is 31.5 Å². The van der Waals surface area contributed by atoms with E-state index in [1.807, 2.05) is 6.92 Å². The maximum absolute atomic E-state index is 12.1. The highest BCUT2D eigenvalue weighted by molar-refractivity contribution is 6.02. The van der Waals surface area contributed by atoms with Crippen LogP contribution >= 0.6 is 0 Å². The van der Waals surface area contributed by atoms with Gasteiger partial charge >= 0.3 is 12.0 Å². The van der Waals surface area contributed by atoms with E-state index in [2.05, 4.69) is 5.32 Å². The van der Waals surface area contributed by atoms with Gasteiger partial charge in [0.15, 0.2) is 0 Å². The van der Waals surface area contributed by atoms with Crippen LogP contribution in [0.4, 0.5) is 4.79 Å². The fourth-order valence-electron chi connectivity index (χ4n) is 2.03. The molecule has 6 nitrogen and oxygen atoms in total. The van der Waals surface area contributed by atoms with Crippen molar-refractivity contribution in [3.05, 3.63) is 35.4 Å². The maximum atomic E-state index is 12.1. The molecule has 0 radical (unpaired) electrons. The highest BCUT2D eigenvalue weighted by Crippen LogP contribution is 2.15. The molecule has 1 heterocycles. The molecule has 0 spiro atoms. The van der Waals surface area contributed by atoms with E-state index in [0.717, 1.165) is 17.7 Å². The molecular formula is C15H18N2O4. The van der Waals surface area contributed by atoms with E-state index in [1.54, 1.807) is 24.3 Å². The summed E-state index contributed by atoms with van der Waals surface area (Å²) >= 11 is 0. The number of carbonyl (C=O) groups excluding carboxylic acids is 3. The zero-order chi connectivity index (χ0) is 15.2. The number of nitrogens with one attached hydrogen (secondary N) is 1. The fraction of sp³-hybridized carbons (Fsp3) is 0.400. The molecule has 1 N–H and O–H groups in total. The van der Waals surface area contributed by atoms with E-state index in [-0.39, 0.29) is 19.0 Å². The van der Waals surface area contributed by atoms with Gasteiger partial charge in [-0.2, -0.15) is 0 Å². The summed E-state index contributed by atoms with van der Waals surface area (Å²) < 4.78 is 5.18. The summed E-state index contributed by atoms with van der Waals surface area (Å²) in [5.74, 6) is -0.722. The van der Waals surface area contributed by atoms with Gasteiger partial charge in [-0.05, 0) is 18.1 Å². The summed E-state index contributed by atoms with van der Waals surface area (Å²) in [5, 5.41) is 2.45. The van der Waals surface area contributed by atoms with Crippen LogP contribution in [-0.4, -0.2) is 36.0 Å². The number of amides is 3. The summed E-state index contributed by atoms with van der Waals surface area (Å²) in [7, 11) is 0. The Hall–Kier alpha value is -2.37. The molecule has 0 saturated carbocycles. The van der Waals surface area contributed by atoms with Crippen LogP contribution < -0.4 is 5.32 Å². The zero-order valence-corrected chi connectivity index (χ0v) is 11.9. The molecule has 2 rings (SSSR count). The van der Waals surface area contributed by atoms with Gasteiger partial charge < -0.3 is 10.1 Å². The van der Waals surface area contributed by atoms with Gasteiger partial charge in [0.05, 0.1) is 25.3 Å². The van der Waals surface area contributed by atoms with E-state index in [0.29, 0.717) is 17.7 Å². The third kappa shape index (κ3) is 3.59. The van der Waals surface area contributed by atoms with E-state index in [4.69, 9.17) is 4.74 Å². The lowest BCUT2D eigenvalue weighted by Gasteiger charge is -2.15. The first kappa shape index (κ1) is 15.0. The number of carbonyl (C=O) groups is 3. The van der Waals surface area contributed by atoms with Gasteiger partial charge in [0.2, 0.25) is 5.91 Å². The highest BCUT2D eigenvalue weighted by atomic mass is 16.5. The van der Waals surface area contributed by atoms with Crippen molar-refractivity contribution in [1.29, 1.82) is 0 Å². The molecule has 1 fully saturated rings. The Balaban J connectivity index is 2.11. The largest absolute Gasteiger partial charge is 0.462 e. The maximum Gasteiger partial charge on any atom is 0.338 e. The summed E-state index contributed by atoms with van der Waals surface area (Å²) in [4.78, 5) is 36.3. The lowest BCUT2D eigenvalue weighted by Crippen LogP contribution is -2.31. The van der Waals surface area contributed by atoms with Crippen LogP contribution in [0.15, 0.2) is 24.3 Å². The number of nitrogens with zero attached hydrogens (tertiary/aromatic N) is 1. The number of esters is 1. The number of urea groups is 1. The Bertz CT molecular complexity index is 540. The number of hydrogen-bond donors (Lipinski definition) is 1. The average molecular weight is 290 g/mol. The molecule has 1 aromatic carbocycles. The SMILES string of the molecule is CCCCOC(=O)c1ccccc1CN1C(=O)CNC1=O. The van der Waals surface area contributed by atoms with Crippen LogP contribution in [0.5, 0.6) is 0 Å². The standard InChI is InChI=1S/C15H18N2O4/c1-2-3-8-21-14(19)12-7-5-4-6-11(12)10-17-13(18)9-16-15(17)20/h4-7H,2-3,8-10H2,1H3,(H,16,20). The number of imide groups is 1. The summed E-state index contributed by atoms with van der Waals surface area (Å²) in [6.07, 6.45) is 1.75. The van der Waals surface area contributed by atoms with E-state index in [1.165, 1.54) is 0 Å². The predicted molar refractivity (Wildman–Crippen MR) is 75.6 cm³/mol. The van der Waals surface area contributed by atoms with Gasteiger partial charge in [-0.3, -0.25) is 9.69 Å². The minimum Gasteiger partial charge on any atom is -0.462 e. The van der Waals surface area contributed by atoms with Gasteiger partial charge in [-0.15, -0.1) is 0 Å². The van der Waals surface area contributed by atoms with Crippen molar-refractivity contribution < 1.29 is 19.1 Å². The third-order valence-corrected chi connectivity index (χ3v) is 3.23. The Kier molecular flexibility index (Phi) is 4.92. The van der Waals surface area contributed by atoms with E-state index >= 15 is 0 Å². The fourth-order valence-corrected chi connectivity index (χ4v) is 2.03. The molecule has 1 saturated heterocycles. The predicted octanol–water partition coefficient (Wildman–Crippen LogP) is 1.70. The van der Waals surface area contributed by atoms with Crippen molar-refractivity contribution in [2.24, 2.45) is 0 Å². The topological polar surface area (TPSA) is 75.7 Å². The van der Waals surface area contributed by atoms with Crippen LogP contribution in [0.25, 0.3) is 0 Å². The molecule has 0 unspecified atom stereocenters. The molecule has 1 aromatic rings. The summed E-state index contributed by atoms with van der Waals surface area (Å²) in [6.45, 7) is 2.46. The molecule has 3 amide bonds. The zero-order valence-electron chi connectivity index (χ0n) is 11.9. The second-order valence-corrected chi connectivity index (χ2v) is 4.79. The van der Waals surface area contributed by atoms with Gasteiger partial charge in [0, 0.05) is 0 Å². The molecular weight excluding hydrogens is 272 g/mol. The van der Waals surface area contributed by atoms with Crippen molar-refractivity contribution >= 4 is 17.9 Å². The monoisotopic (exact) mass is 290 g/mol. The number of benzene rings is 1. The van der Waals surface area contributed by atoms with Crippen molar-refractivity contribution in [1.82, 2.24) is 10.2 Å². The van der Waals surface area contributed by atoms with E-state index in [9.17, 15) is 14.4 Å². The second kappa shape index (κ2) is 6.88. The molecule has 6 heteroatoms. The molecule has 0 aliphatic carbocycles. The quantitative estimate of drug-likeness (QED) is 0.491. The lowest BCUT2D eigenvalue weighted by molar-refractivity contribution is -0.125. The van der Waals surface area contributed by atoms with Gasteiger partial charge in [0.25, 0.3) is 0 Å². The van der Waals surface area contributed by atoms with Crippen LogP contribution in [0.3, 0.4) is 0 Å². The molecule has 1 aliphatic rings. The third-order valence-electron chi connectivity index (χ3n) is 3.23. The van der Waals surface area contributed by atoms with Gasteiger partial charge in [0.1, 0.15) is 0 Å². The average Bonchev–Trinajstić information content (AvgIpc) is 2.80. The van der Waals surface area contributed by atoms with Crippen molar-refractivity contribution in [2.45, 2.75) is 26.3 Å². The first-order valence-corrected chi connectivity index (χ1v) is 6.96. The second-order valence-electron chi connectivity index (χ2n) is 4.79. The number of unbranched alkanes of at least 4 members (excludes halogenated alkanes) is 1. The molecule has 0 aromatic heterocycles. The first-order chi connectivity index (χ1) is 10.1. The minimum atomic E-state index is -0.436. The molecule has 112 valence electrons. The molecule has 0 atom stereocenters. The molecule has 21 heavy (non-hydrogen) atoms. The number of ether oxygens (including phenoxy) is 1. The van der Waals surface area contributed by atoms with Crippen molar-refractivity contribution in [3.8, 4) is 0 Å². The highest BCUT2D eigenvalue weighted by Gasteiger charge is 2.29. The molecule has 0 bridgehead atoms. The summed E-state index contributed by atoms with van der Waals surface area (Å²) in [6, 6.07) is 6.41. The number of hydrogen-bond acceptors (Lipinski definition) is 4. The lowest BCUT2D eigenvalue weighted by atomic mass is 10.1. The smallest absolute Gasteiger partial charge is 0.338 e. The van der Waals surface area contributed by atoms with E-state index < -0.39 is 12.0 Å². The van der Waals surface area contributed by atoms with Crippen LogP contribution in [0.2, 0.25) is 0 Å². The van der Waals surface area contributed by atoms with Gasteiger partial charge in [-0.25, -0.2) is 9.59 Å².